The van der Waals surface area contributed by atoms with Crippen LogP contribution in [0.25, 0.3) is 0 Å². The summed E-state index contributed by atoms with van der Waals surface area (Å²) in [5.41, 5.74) is 0.510. The summed E-state index contributed by atoms with van der Waals surface area (Å²) >= 11 is 1.15. The molecule has 0 unspecified atom stereocenters. The molecule has 23 heavy (non-hydrogen) atoms. The first-order valence-corrected chi connectivity index (χ1v) is 8.48. The van der Waals surface area contributed by atoms with Crippen molar-refractivity contribution in [2.75, 3.05) is 13.1 Å². The number of hydrogen-bond donors (Lipinski definition) is 0. The third-order valence-corrected chi connectivity index (χ3v) is 4.75. The van der Waals surface area contributed by atoms with E-state index in [1.165, 1.54) is 18.2 Å². The lowest BCUT2D eigenvalue weighted by Gasteiger charge is -2.32. The van der Waals surface area contributed by atoms with Crippen molar-refractivity contribution in [3.05, 3.63) is 46.5 Å². The largest absolute Gasteiger partial charge is 0.337 e. The van der Waals surface area contributed by atoms with Gasteiger partial charge in [-0.25, -0.2) is 8.78 Å². The first-order chi connectivity index (χ1) is 11.1. The van der Waals surface area contributed by atoms with Crippen LogP contribution in [0.4, 0.5) is 8.78 Å². The minimum atomic E-state index is -0.498. The fraction of sp³-hybridized carbons (Fsp3) is 0.438. The van der Waals surface area contributed by atoms with Gasteiger partial charge in [0.2, 0.25) is 0 Å². The number of nitrogens with zero attached hydrogens (tertiary/aromatic N) is 3. The van der Waals surface area contributed by atoms with Gasteiger partial charge in [0.1, 0.15) is 11.6 Å². The molecule has 0 saturated carbocycles. The summed E-state index contributed by atoms with van der Waals surface area (Å²) in [5.74, 6) is -0.858. The molecule has 1 atom stereocenters. The second kappa shape index (κ2) is 7.12. The SMILES string of the molecule is O=C(c1csnn1)N1CCC[C@@H](CCc2c(F)cccc2F)C1. The molecule has 1 saturated heterocycles. The van der Waals surface area contributed by atoms with Crippen molar-refractivity contribution in [1.82, 2.24) is 14.5 Å². The van der Waals surface area contributed by atoms with Gasteiger partial charge in [-0.05, 0) is 55.3 Å². The lowest BCUT2D eigenvalue weighted by Crippen LogP contribution is -2.40. The molecular formula is C16H17F2N3OS. The van der Waals surface area contributed by atoms with Crippen LogP contribution in [0.1, 0.15) is 35.3 Å². The third-order valence-electron chi connectivity index (χ3n) is 4.25. The number of carbonyl (C=O) groups is 1. The van der Waals surface area contributed by atoms with Gasteiger partial charge in [-0.2, -0.15) is 0 Å². The van der Waals surface area contributed by atoms with E-state index < -0.39 is 11.6 Å². The number of likely N-dealkylation sites (tertiary alicyclic amines) is 1. The quantitative estimate of drug-likeness (QED) is 0.860. The highest BCUT2D eigenvalue weighted by atomic mass is 32.1. The lowest BCUT2D eigenvalue weighted by atomic mass is 9.91. The Morgan fingerprint density at radius 1 is 1.35 bits per heavy atom. The zero-order valence-electron chi connectivity index (χ0n) is 12.5. The van der Waals surface area contributed by atoms with E-state index in [-0.39, 0.29) is 17.4 Å². The van der Waals surface area contributed by atoms with Gasteiger partial charge in [-0.3, -0.25) is 4.79 Å². The Morgan fingerprint density at radius 2 is 2.13 bits per heavy atom. The molecule has 1 aromatic heterocycles. The molecule has 4 nitrogen and oxygen atoms in total. The fourth-order valence-electron chi connectivity index (χ4n) is 3.02. The predicted molar refractivity (Wildman–Crippen MR) is 83.2 cm³/mol. The summed E-state index contributed by atoms with van der Waals surface area (Å²) in [5, 5.41) is 5.45. The minimum Gasteiger partial charge on any atom is -0.337 e. The average molecular weight is 337 g/mol. The maximum Gasteiger partial charge on any atom is 0.275 e. The van der Waals surface area contributed by atoms with Crippen molar-refractivity contribution in [3.63, 3.8) is 0 Å². The normalized spacial score (nSPS) is 18.2. The molecule has 3 rings (SSSR count). The molecule has 0 aliphatic carbocycles. The summed E-state index contributed by atoms with van der Waals surface area (Å²) in [6, 6.07) is 3.94. The molecule has 7 heteroatoms. The van der Waals surface area contributed by atoms with Crippen LogP contribution < -0.4 is 0 Å². The highest BCUT2D eigenvalue weighted by molar-refractivity contribution is 7.03. The average Bonchev–Trinajstić information content (AvgIpc) is 3.08. The maximum absolute atomic E-state index is 13.7. The zero-order chi connectivity index (χ0) is 16.2. The van der Waals surface area contributed by atoms with Gasteiger partial charge in [0.25, 0.3) is 5.91 Å². The predicted octanol–water partition coefficient (Wildman–Crippen LogP) is 3.30. The molecule has 1 amide bonds. The number of carbonyl (C=O) groups excluding carboxylic acids is 1. The van der Waals surface area contributed by atoms with Crippen LogP contribution in [-0.2, 0) is 6.42 Å². The standard InChI is InChI=1S/C16H17F2N3OS/c17-13-4-1-5-14(18)12(13)7-6-11-3-2-8-21(9-11)16(22)15-10-23-20-19-15/h1,4-5,10-11H,2-3,6-9H2/t11-/m0/s1. The van der Waals surface area contributed by atoms with E-state index in [4.69, 9.17) is 0 Å². The lowest BCUT2D eigenvalue weighted by molar-refractivity contribution is 0.0662. The van der Waals surface area contributed by atoms with E-state index in [1.807, 2.05) is 0 Å². The Morgan fingerprint density at radius 3 is 2.83 bits per heavy atom. The van der Waals surface area contributed by atoms with Gasteiger partial charge in [0, 0.05) is 24.0 Å². The summed E-state index contributed by atoms with van der Waals surface area (Å²) in [7, 11) is 0. The Bertz CT molecular complexity index is 658. The van der Waals surface area contributed by atoms with Crippen molar-refractivity contribution in [2.24, 2.45) is 5.92 Å². The van der Waals surface area contributed by atoms with Crippen LogP contribution in [0.2, 0.25) is 0 Å². The van der Waals surface area contributed by atoms with E-state index in [9.17, 15) is 13.6 Å². The van der Waals surface area contributed by atoms with E-state index in [0.717, 1.165) is 24.4 Å². The monoisotopic (exact) mass is 337 g/mol. The second-order valence-electron chi connectivity index (χ2n) is 5.79. The van der Waals surface area contributed by atoms with Gasteiger partial charge >= 0.3 is 0 Å². The highest BCUT2D eigenvalue weighted by Gasteiger charge is 2.26. The highest BCUT2D eigenvalue weighted by Crippen LogP contribution is 2.24. The molecule has 1 aliphatic rings. The third kappa shape index (κ3) is 3.72. The molecule has 0 radical (unpaired) electrons. The smallest absolute Gasteiger partial charge is 0.275 e. The van der Waals surface area contributed by atoms with Crippen LogP contribution in [-0.4, -0.2) is 33.5 Å². The molecular weight excluding hydrogens is 320 g/mol. The molecule has 0 N–H and O–H groups in total. The summed E-state index contributed by atoms with van der Waals surface area (Å²) in [6.45, 7) is 1.30. The summed E-state index contributed by atoms with van der Waals surface area (Å²) < 4.78 is 31.1. The minimum absolute atomic E-state index is 0.111. The number of rotatable bonds is 4. The number of benzene rings is 1. The summed E-state index contributed by atoms with van der Waals surface area (Å²) in [4.78, 5) is 14.1. The van der Waals surface area contributed by atoms with Gasteiger partial charge in [0.15, 0.2) is 5.69 Å². The number of amides is 1. The number of piperidine rings is 1. The summed E-state index contributed by atoms with van der Waals surface area (Å²) in [6.07, 6.45) is 2.88. The molecule has 2 aromatic rings. The number of hydrogen-bond acceptors (Lipinski definition) is 4. The van der Waals surface area contributed by atoms with Crippen molar-refractivity contribution in [2.45, 2.75) is 25.7 Å². The molecule has 2 heterocycles. The van der Waals surface area contributed by atoms with Crippen molar-refractivity contribution in [3.8, 4) is 0 Å². The molecule has 122 valence electrons. The van der Waals surface area contributed by atoms with Crippen LogP contribution in [0.5, 0.6) is 0 Å². The van der Waals surface area contributed by atoms with Crippen molar-refractivity contribution >= 4 is 17.4 Å². The van der Waals surface area contributed by atoms with Crippen LogP contribution >= 0.6 is 11.5 Å². The topological polar surface area (TPSA) is 46.1 Å². The van der Waals surface area contributed by atoms with E-state index in [0.29, 0.717) is 31.6 Å². The molecule has 1 fully saturated rings. The molecule has 0 bridgehead atoms. The first-order valence-electron chi connectivity index (χ1n) is 7.64. The Labute approximate surface area is 137 Å². The van der Waals surface area contributed by atoms with Crippen LogP contribution in [0.15, 0.2) is 23.6 Å². The Balaban J connectivity index is 1.60. The Kier molecular flexibility index (Phi) is 4.95. The fourth-order valence-corrected chi connectivity index (χ4v) is 3.45. The maximum atomic E-state index is 13.7. The van der Waals surface area contributed by atoms with Crippen LogP contribution in [0.3, 0.4) is 0 Å². The second-order valence-corrected chi connectivity index (χ2v) is 6.40. The molecule has 1 aromatic carbocycles. The molecule has 0 spiro atoms. The number of halogens is 2. The van der Waals surface area contributed by atoms with E-state index in [1.54, 1.807) is 10.3 Å². The zero-order valence-corrected chi connectivity index (χ0v) is 13.4. The van der Waals surface area contributed by atoms with Gasteiger partial charge < -0.3 is 4.90 Å². The van der Waals surface area contributed by atoms with E-state index >= 15 is 0 Å². The van der Waals surface area contributed by atoms with Crippen molar-refractivity contribution in [1.29, 1.82) is 0 Å². The van der Waals surface area contributed by atoms with Gasteiger partial charge in [-0.15, -0.1) is 5.10 Å². The molecule has 1 aliphatic heterocycles. The van der Waals surface area contributed by atoms with Crippen molar-refractivity contribution < 1.29 is 13.6 Å². The number of aromatic nitrogens is 2. The first kappa shape index (κ1) is 16.0. The van der Waals surface area contributed by atoms with E-state index in [2.05, 4.69) is 9.59 Å². The van der Waals surface area contributed by atoms with Gasteiger partial charge in [-0.1, -0.05) is 10.6 Å². The Hall–Kier alpha value is -1.89. The van der Waals surface area contributed by atoms with Crippen LogP contribution in [0, 0.1) is 17.6 Å². The van der Waals surface area contributed by atoms with Gasteiger partial charge in [0.05, 0.1) is 0 Å².